The van der Waals surface area contributed by atoms with Crippen molar-refractivity contribution in [3.8, 4) is 0 Å². The molecule has 1 aliphatic heterocycles. The number of aliphatic hydroxyl groups is 1. The molecule has 0 unspecified atom stereocenters. The van der Waals surface area contributed by atoms with E-state index in [1.807, 2.05) is 0 Å². The van der Waals surface area contributed by atoms with Gasteiger partial charge in [0.15, 0.2) is 5.78 Å². The fourth-order valence-electron chi connectivity index (χ4n) is 3.39. The van der Waals surface area contributed by atoms with Crippen molar-refractivity contribution < 1.29 is 27.9 Å². The lowest BCUT2D eigenvalue weighted by Gasteiger charge is -2.33. The quantitative estimate of drug-likeness (QED) is 0.856. The van der Waals surface area contributed by atoms with Gasteiger partial charge < -0.3 is 5.11 Å². The van der Waals surface area contributed by atoms with E-state index in [4.69, 9.17) is 0 Å². The third-order valence-electron chi connectivity index (χ3n) is 4.42. The minimum atomic E-state index is -5.27. The van der Waals surface area contributed by atoms with Crippen LogP contribution in [0.25, 0.3) is 0 Å². The van der Waals surface area contributed by atoms with Crippen LogP contribution in [0.1, 0.15) is 26.7 Å². The maximum atomic E-state index is 13.5. The molecule has 128 valence electrons. The number of allylic oxidation sites excluding steroid dienone is 1. The minimum Gasteiger partial charge on any atom is -0.368 e. The lowest BCUT2D eigenvalue weighted by Crippen LogP contribution is -2.55. The summed E-state index contributed by atoms with van der Waals surface area (Å²) < 4.78 is 40.6. The molecule has 0 bridgehead atoms. The number of Topliss-reactive ketones (excluding diaryl/α,β-unsaturated/α-hetero) is 1. The lowest BCUT2D eigenvalue weighted by molar-refractivity contribution is -0.235. The number of halogens is 3. The number of ketones is 1. The number of alkyl halides is 3. The number of carbonyl (C=O) groups is 2. The fraction of sp³-hybridized carbons (Fsp3) is 0.412. The summed E-state index contributed by atoms with van der Waals surface area (Å²) in [4.78, 5) is 25.8. The molecule has 1 atom stereocenters. The van der Waals surface area contributed by atoms with Crippen LogP contribution in [0.15, 0.2) is 41.6 Å². The number of anilines is 1. The van der Waals surface area contributed by atoms with Gasteiger partial charge in [-0.05, 0) is 24.0 Å². The predicted molar refractivity (Wildman–Crippen MR) is 80.0 cm³/mol. The molecule has 1 heterocycles. The Morgan fingerprint density at radius 1 is 1.08 bits per heavy atom. The van der Waals surface area contributed by atoms with Crippen molar-refractivity contribution in [2.75, 3.05) is 4.90 Å². The number of para-hydroxylation sites is 1. The molecule has 0 aromatic heterocycles. The van der Waals surface area contributed by atoms with Crippen molar-refractivity contribution in [2.24, 2.45) is 5.41 Å². The molecular formula is C17H16F3NO3. The molecule has 7 heteroatoms. The van der Waals surface area contributed by atoms with Crippen LogP contribution < -0.4 is 4.90 Å². The van der Waals surface area contributed by atoms with Crippen molar-refractivity contribution in [1.82, 2.24) is 0 Å². The van der Waals surface area contributed by atoms with E-state index >= 15 is 0 Å². The normalized spacial score (nSPS) is 26.8. The van der Waals surface area contributed by atoms with Gasteiger partial charge in [-0.2, -0.15) is 13.2 Å². The van der Waals surface area contributed by atoms with Gasteiger partial charge >= 0.3 is 6.18 Å². The fourth-order valence-corrected chi connectivity index (χ4v) is 3.39. The molecule has 1 aromatic rings. The summed E-state index contributed by atoms with van der Waals surface area (Å²) in [5.74, 6) is -2.38. The summed E-state index contributed by atoms with van der Waals surface area (Å²) in [6, 6.07) is 7.74. The van der Waals surface area contributed by atoms with Gasteiger partial charge in [-0.1, -0.05) is 32.0 Å². The molecule has 1 aromatic carbocycles. The zero-order chi connectivity index (χ0) is 17.9. The van der Waals surface area contributed by atoms with Crippen LogP contribution in [0.2, 0.25) is 0 Å². The van der Waals surface area contributed by atoms with Crippen LogP contribution in [-0.4, -0.2) is 28.6 Å². The van der Waals surface area contributed by atoms with E-state index in [9.17, 15) is 27.9 Å². The third-order valence-corrected chi connectivity index (χ3v) is 4.42. The van der Waals surface area contributed by atoms with E-state index in [1.54, 1.807) is 32.0 Å². The van der Waals surface area contributed by atoms with E-state index in [2.05, 4.69) is 0 Å². The topological polar surface area (TPSA) is 57.6 Å². The first-order chi connectivity index (χ1) is 11.0. The summed E-state index contributed by atoms with van der Waals surface area (Å²) in [7, 11) is 0. The first-order valence-electron chi connectivity index (χ1n) is 7.44. The van der Waals surface area contributed by atoms with Crippen LogP contribution >= 0.6 is 0 Å². The Balaban J connectivity index is 2.27. The summed E-state index contributed by atoms with van der Waals surface area (Å²) in [5, 5.41) is 10.3. The van der Waals surface area contributed by atoms with E-state index in [-0.39, 0.29) is 24.2 Å². The first-order valence-corrected chi connectivity index (χ1v) is 7.44. The molecule has 0 saturated carbocycles. The highest BCUT2D eigenvalue weighted by Crippen LogP contribution is 2.52. The molecule has 24 heavy (non-hydrogen) atoms. The van der Waals surface area contributed by atoms with Crippen molar-refractivity contribution >= 4 is 17.4 Å². The van der Waals surface area contributed by atoms with E-state index < -0.39 is 34.5 Å². The van der Waals surface area contributed by atoms with Crippen LogP contribution in [-0.2, 0) is 9.59 Å². The molecule has 3 rings (SSSR count). The van der Waals surface area contributed by atoms with Crippen molar-refractivity contribution in [2.45, 2.75) is 38.5 Å². The number of carbonyl (C=O) groups excluding carboxylic acids is 2. The molecule has 0 spiro atoms. The Hall–Kier alpha value is -2.15. The van der Waals surface area contributed by atoms with Gasteiger partial charge in [0.05, 0.1) is 5.57 Å². The second-order valence-electron chi connectivity index (χ2n) is 6.95. The number of amides is 1. The average molecular weight is 339 g/mol. The molecule has 2 aliphatic rings. The average Bonchev–Trinajstić information content (AvgIpc) is 2.67. The van der Waals surface area contributed by atoms with Crippen LogP contribution in [0.4, 0.5) is 18.9 Å². The third kappa shape index (κ3) is 2.18. The molecule has 4 nitrogen and oxygen atoms in total. The molecule has 1 aliphatic carbocycles. The lowest BCUT2D eigenvalue weighted by atomic mass is 9.73. The number of hydrogen-bond acceptors (Lipinski definition) is 3. The Kier molecular flexibility index (Phi) is 3.43. The Morgan fingerprint density at radius 3 is 2.21 bits per heavy atom. The van der Waals surface area contributed by atoms with Gasteiger partial charge in [0.2, 0.25) is 0 Å². The summed E-state index contributed by atoms with van der Waals surface area (Å²) in [5.41, 5.74) is -5.08. The van der Waals surface area contributed by atoms with E-state index in [0.29, 0.717) is 0 Å². The highest BCUT2D eigenvalue weighted by atomic mass is 19.4. The molecular weight excluding hydrogens is 323 g/mol. The van der Waals surface area contributed by atoms with Gasteiger partial charge in [0.25, 0.3) is 11.5 Å². The van der Waals surface area contributed by atoms with E-state index in [0.717, 1.165) is 4.90 Å². The predicted octanol–water partition coefficient (Wildman–Crippen LogP) is 2.97. The Bertz CT molecular complexity index is 752. The molecule has 0 radical (unpaired) electrons. The van der Waals surface area contributed by atoms with Crippen molar-refractivity contribution in [3.05, 3.63) is 41.6 Å². The Morgan fingerprint density at radius 2 is 1.67 bits per heavy atom. The first kappa shape index (κ1) is 16.7. The molecule has 0 fully saturated rings. The van der Waals surface area contributed by atoms with Gasteiger partial charge in [0.1, 0.15) is 0 Å². The summed E-state index contributed by atoms with van der Waals surface area (Å²) in [6.07, 6.45) is -5.33. The molecule has 0 saturated heterocycles. The maximum absolute atomic E-state index is 13.5. The number of rotatable bonds is 1. The van der Waals surface area contributed by atoms with Crippen LogP contribution in [0.3, 0.4) is 0 Å². The SMILES string of the molecule is CC1(C)CC(=O)C2=C(C1)N(c1ccccc1)C(=O)[C@]2(O)C(F)(F)F. The second-order valence-corrected chi connectivity index (χ2v) is 6.95. The highest BCUT2D eigenvalue weighted by Gasteiger charge is 2.70. The van der Waals surface area contributed by atoms with Crippen molar-refractivity contribution in [1.29, 1.82) is 0 Å². The standard InChI is InChI=1S/C17H16F3NO3/c1-15(2)8-11-13(12(22)9-15)16(24,17(18,19)20)14(23)21(11)10-6-4-3-5-7-10/h3-7,24H,8-9H2,1-2H3/t16-/m0/s1. The van der Waals surface area contributed by atoms with Crippen LogP contribution in [0.5, 0.6) is 0 Å². The second kappa shape index (κ2) is 4.92. The van der Waals surface area contributed by atoms with Gasteiger partial charge in [-0.15, -0.1) is 0 Å². The van der Waals surface area contributed by atoms with Gasteiger partial charge in [-0.3, -0.25) is 14.5 Å². The highest BCUT2D eigenvalue weighted by molar-refractivity contribution is 6.18. The minimum absolute atomic E-state index is 0.0627. The zero-order valence-electron chi connectivity index (χ0n) is 13.1. The number of hydrogen-bond donors (Lipinski definition) is 1. The Labute approximate surface area is 136 Å². The van der Waals surface area contributed by atoms with Gasteiger partial charge in [-0.25, -0.2) is 0 Å². The number of benzene rings is 1. The summed E-state index contributed by atoms with van der Waals surface area (Å²) >= 11 is 0. The molecule has 1 N–H and O–H groups in total. The monoisotopic (exact) mass is 339 g/mol. The maximum Gasteiger partial charge on any atom is 0.430 e. The summed E-state index contributed by atoms with van der Waals surface area (Å²) in [6.45, 7) is 3.49. The van der Waals surface area contributed by atoms with Crippen LogP contribution in [0, 0.1) is 5.41 Å². The smallest absolute Gasteiger partial charge is 0.368 e. The molecule has 1 amide bonds. The van der Waals surface area contributed by atoms with E-state index in [1.165, 1.54) is 12.1 Å². The zero-order valence-corrected chi connectivity index (χ0v) is 13.1. The number of nitrogens with zero attached hydrogens (tertiary/aromatic N) is 1. The van der Waals surface area contributed by atoms with Crippen molar-refractivity contribution in [3.63, 3.8) is 0 Å². The largest absolute Gasteiger partial charge is 0.430 e. The van der Waals surface area contributed by atoms with Gasteiger partial charge in [0, 0.05) is 17.8 Å².